The van der Waals surface area contributed by atoms with Gasteiger partial charge in [-0.15, -0.1) is 0 Å². The Balaban J connectivity index is 1.98. The van der Waals surface area contributed by atoms with Gasteiger partial charge < -0.3 is 35.4 Å². The maximum absolute atomic E-state index is 7.70. The Labute approximate surface area is 279 Å². The second-order valence-electron chi connectivity index (χ2n) is 17.3. The SMILES string of the molecule is CC/C=[Si](\C)OC12C3(O[Si]C)C4(O[Si](C)C)C1(O[Si]C)C1(O[Si](C)(C)C)C4(O[Si](C)(C)C)C3(O[Si](C)(C)C)C21O[Si](C)(C)C. The Morgan fingerprint density at radius 3 is 1.05 bits per heavy atom. The lowest BCUT2D eigenvalue weighted by Gasteiger charge is -3.24. The zero-order valence-corrected chi connectivity index (χ0v) is 38.6. The van der Waals surface area contributed by atoms with Gasteiger partial charge in [-0.1, -0.05) is 12.6 Å². The van der Waals surface area contributed by atoms with E-state index in [0.29, 0.717) is 0 Å². The lowest BCUT2D eigenvalue weighted by atomic mass is 8.87. The molecule has 0 amide bonds. The van der Waals surface area contributed by atoms with Gasteiger partial charge in [0.1, 0.15) is 0 Å². The fraction of sp³-hybridized carbons (Fsp3) is 0.964. The zero-order valence-electron chi connectivity index (χ0n) is 30.6. The molecule has 8 nitrogen and oxygen atoms in total. The van der Waals surface area contributed by atoms with E-state index in [1.807, 2.05) is 0 Å². The Hall–Kier alpha value is 1.13. The first-order valence-corrected chi connectivity index (χ1v) is 37.0. The Kier molecular flexibility index (Phi) is 8.18. The van der Waals surface area contributed by atoms with E-state index in [1.54, 1.807) is 0 Å². The van der Waals surface area contributed by atoms with E-state index in [9.17, 15) is 0 Å². The molecule has 0 aromatic rings. The van der Waals surface area contributed by atoms with E-state index >= 15 is 0 Å². The molecule has 0 aromatic heterocycles. The van der Waals surface area contributed by atoms with Crippen molar-refractivity contribution in [2.24, 2.45) is 0 Å². The van der Waals surface area contributed by atoms with Crippen molar-refractivity contribution in [2.75, 3.05) is 0 Å². The van der Waals surface area contributed by atoms with Crippen LogP contribution in [0.4, 0.5) is 0 Å². The molecular formula is C28H57O8Si8. The molecular weight excluding hydrogens is 689 g/mol. The van der Waals surface area contributed by atoms with Gasteiger partial charge in [0.25, 0.3) is 0 Å². The Morgan fingerprint density at radius 2 is 0.795 bits per heavy atom. The third-order valence-electron chi connectivity index (χ3n) is 9.46. The first kappa shape index (κ1) is 36.4. The second-order valence-corrected chi connectivity index (χ2v) is 40.0. The summed E-state index contributed by atoms with van der Waals surface area (Å²) in [5, 5.41) is 0. The predicted octanol–water partition coefficient (Wildman–Crippen LogP) is 5.44. The summed E-state index contributed by atoms with van der Waals surface area (Å²) in [6.45, 7) is 40.2. The minimum absolute atomic E-state index is 0.196. The van der Waals surface area contributed by atoms with Gasteiger partial charge in [0, 0.05) is 0 Å². The number of hydrogen-bond acceptors (Lipinski definition) is 8. The lowest BCUT2D eigenvalue weighted by Crippen LogP contribution is -3.53. The van der Waals surface area contributed by atoms with Crippen molar-refractivity contribution < 1.29 is 35.4 Å². The highest BCUT2D eigenvalue weighted by Crippen LogP contribution is 3.16. The third-order valence-corrected chi connectivity index (χ3v) is 16.5. The molecule has 0 aromatic carbocycles. The summed E-state index contributed by atoms with van der Waals surface area (Å²) >= 11 is 0. The standard InChI is InChI=1S/C28H57O8Si8/c1-19-20-40(6)32-24-21(29-37-2)23(31-39(4)5)22(24,30-38-3)26(34-42(10,11)12)27(23,35-43(13,14)15)25(21,33-41(7,8)9)28(24,26)36-44(16,17)18/h20H,19H2,1-18H3/b40-20+. The first-order chi connectivity index (χ1) is 19.8. The number of rotatable bonds is 17. The first-order valence-electron chi connectivity index (χ1n) is 16.2. The second kappa shape index (κ2) is 9.88. The molecule has 0 aliphatic heterocycles. The van der Waals surface area contributed by atoms with Crippen LogP contribution >= 0.6 is 0 Å². The van der Waals surface area contributed by atoms with E-state index in [0.717, 1.165) is 6.42 Å². The van der Waals surface area contributed by atoms with Gasteiger partial charge in [0.15, 0.2) is 78.1 Å². The average Bonchev–Trinajstić information content (AvgIpc) is 2.79. The molecule has 44 heavy (non-hydrogen) atoms. The normalized spacial score (nSPS) is 45.2. The molecule has 6 rings (SSSR count). The highest BCUT2D eigenvalue weighted by molar-refractivity contribution is 6.72. The molecule has 0 bridgehead atoms. The minimum Gasteiger partial charge on any atom is -0.537 e. The van der Waals surface area contributed by atoms with Gasteiger partial charge in [0.2, 0.25) is 37.2 Å². The summed E-state index contributed by atoms with van der Waals surface area (Å²) in [4.78, 5) is 0. The molecule has 249 valence electrons. The van der Waals surface area contributed by atoms with Crippen LogP contribution < -0.4 is 0 Å². The molecule has 0 saturated heterocycles. The highest BCUT2D eigenvalue weighted by Gasteiger charge is 3.47. The summed E-state index contributed by atoms with van der Waals surface area (Å²) in [5.41, 5.74) is -5.14. The smallest absolute Gasteiger partial charge is 0.227 e. The van der Waals surface area contributed by atoms with Crippen molar-refractivity contribution in [2.45, 2.75) is 169 Å². The lowest BCUT2D eigenvalue weighted by molar-refractivity contribution is -0.836. The molecule has 6 aliphatic rings. The van der Waals surface area contributed by atoms with E-state index in [2.05, 4.69) is 124 Å². The molecule has 0 N–H and O–H groups in total. The van der Waals surface area contributed by atoms with Crippen LogP contribution in [-0.4, -0.2) is 121 Å². The molecule has 0 spiro atoms. The zero-order chi connectivity index (χ0) is 33.6. The molecule has 6 fully saturated rings. The minimum atomic E-state index is -2.28. The van der Waals surface area contributed by atoms with Crippen LogP contribution in [0.2, 0.25) is 111 Å². The van der Waals surface area contributed by atoms with Crippen LogP contribution in [0.5, 0.6) is 0 Å². The highest BCUT2D eigenvalue weighted by atomic mass is 28.4. The Morgan fingerprint density at radius 1 is 0.500 bits per heavy atom. The van der Waals surface area contributed by atoms with Crippen molar-refractivity contribution >= 4 is 76.2 Å². The Bertz CT molecular complexity index is 1190. The van der Waals surface area contributed by atoms with Crippen molar-refractivity contribution in [3.05, 3.63) is 0 Å². The summed E-state index contributed by atoms with van der Waals surface area (Å²) in [6, 6.07) is 0. The van der Waals surface area contributed by atoms with Gasteiger partial charge in [-0.25, -0.2) is 0 Å². The van der Waals surface area contributed by atoms with Crippen LogP contribution in [0.1, 0.15) is 13.3 Å². The third kappa shape index (κ3) is 3.22. The van der Waals surface area contributed by atoms with Crippen molar-refractivity contribution in [3.63, 3.8) is 0 Å². The monoisotopic (exact) mass is 745 g/mol. The van der Waals surface area contributed by atoms with Crippen molar-refractivity contribution in [1.82, 2.24) is 0 Å². The van der Waals surface area contributed by atoms with E-state index in [-0.39, 0.29) is 19.5 Å². The van der Waals surface area contributed by atoms with Crippen molar-refractivity contribution in [3.8, 4) is 0 Å². The number of hydrogen-bond donors (Lipinski definition) is 0. The molecule has 16 heteroatoms. The van der Waals surface area contributed by atoms with Crippen LogP contribution in [0, 0.1) is 0 Å². The maximum Gasteiger partial charge on any atom is 0.227 e. The predicted molar refractivity (Wildman–Crippen MR) is 193 cm³/mol. The summed E-state index contributed by atoms with van der Waals surface area (Å²) in [7, 11) is -11.4. The molecule has 4 unspecified atom stereocenters. The molecule has 6 aliphatic carbocycles. The molecule has 0 heterocycles. The quantitative estimate of drug-likeness (QED) is 0.183. The fourth-order valence-corrected chi connectivity index (χ4v) is 19.8. The molecule has 4 atom stereocenters. The molecule has 6 saturated carbocycles. The molecule has 5 radical (unpaired) electrons. The van der Waals surface area contributed by atoms with Gasteiger partial charge >= 0.3 is 0 Å². The summed E-state index contributed by atoms with van der Waals surface area (Å²) < 4.78 is 60.2. The van der Waals surface area contributed by atoms with Crippen LogP contribution in [0.15, 0.2) is 0 Å². The van der Waals surface area contributed by atoms with E-state index < -0.39 is 95.8 Å². The summed E-state index contributed by atoms with van der Waals surface area (Å²) in [6.07, 6.45) is 0.935. The maximum atomic E-state index is 7.70. The topological polar surface area (TPSA) is 73.8 Å². The van der Waals surface area contributed by atoms with E-state index in [1.165, 1.54) is 0 Å². The van der Waals surface area contributed by atoms with Crippen LogP contribution in [0.25, 0.3) is 0 Å². The fourth-order valence-electron chi connectivity index (χ4n) is 10.3. The van der Waals surface area contributed by atoms with E-state index in [4.69, 9.17) is 35.4 Å². The summed E-state index contributed by atoms with van der Waals surface area (Å²) in [5.74, 6) is 0. The average molecular weight is 746 g/mol. The van der Waals surface area contributed by atoms with Gasteiger partial charge in [-0.2, -0.15) is 0 Å². The van der Waals surface area contributed by atoms with Crippen LogP contribution in [0.3, 0.4) is 0 Å². The van der Waals surface area contributed by atoms with Gasteiger partial charge in [-0.05, 0) is 118 Å². The van der Waals surface area contributed by atoms with Crippen molar-refractivity contribution in [1.29, 1.82) is 0 Å². The largest absolute Gasteiger partial charge is 0.537 e. The van der Waals surface area contributed by atoms with Crippen LogP contribution in [-0.2, 0) is 35.4 Å². The van der Waals surface area contributed by atoms with Gasteiger partial charge in [-0.3, -0.25) is 0 Å². The van der Waals surface area contributed by atoms with Gasteiger partial charge in [0.05, 0.1) is 0 Å².